The zero-order valence-electron chi connectivity index (χ0n) is 11.8. The van der Waals surface area contributed by atoms with Gasteiger partial charge in [0.2, 0.25) is 0 Å². The zero-order valence-corrected chi connectivity index (χ0v) is 13.9. The molecule has 3 nitrogen and oxygen atoms in total. The molecule has 2 aromatic carbocycles. The van der Waals surface area contributed by atoms with Crippen molar-refractivity contribution in [2.45, 2.75) is 20.8 Å². The number of carbonyl (C=O) groups excluding carboxylic acids is 1. The highest BCUT2D eigenvalue weighted by atomic mass is 127. The third-order valence-electron chi connectivity index (χ3n) is 3.39. The maximum absolute atomic E-state index is 12.4. The second kappa shape index (κ2) is 5.83. The number of hydrogen-bond acceptors (Lipinski definition) is 2. The maximum Gasteiger partial charge on any atom is 0.256 e. The summed E-state index contributed by atoms with van der Waals surface area (Å²) in [5.41, 5.74) is 11.1. The molecule has 0 aliphatic carbocycles. The van der Waals surface area contributed by atoms with Crippen LogP contribution in [0.15, 0.2) is 30.3 Å². The van der Waals surface area contributed by atoms with E-state index in [0.717, 1.165) is 25.9 Å². The number of hydrogen-bond donors (Lipinski definition) is 2. The molecule has 0 heterocycles. The van der Waals surface area contributed by atoms with Gasteiger partial charge in [0, 0.05) is 14.9 Å². The molecule has 2 aromatic rings. The van der Waals surface area contributed by atoms with E-state index >= 15 is 0 Å². The number of anilines is 2. The van der Waals surface area contributed by atoms with Gasteiger partial charge in [-0.15, -0.1) is 0 Å². The lowest BCUT2D eigenvalue weighted by molar-refractivity contribution is 0.102. The smallest absolute Gasteiger partial charge is 0.256 e. The molecule has 0 radical (unpaired) electrons. The standard InChI is InChI=1S/C16H17IN2O/c1-9-5-4-6-12(14(9)17)16(20)19-15-10(2)7-8-13(18)11(15)3/h4-8H,18H2,1-3H3,(H,19,20). The fourth-order valence-electron chi connectivity index (χ4n) is 2.06. The van der Waals surface area contributed by atoms with E-state index < -0.39 is 0 Å². The van der Waals surface area contributed by atoms with Crippen LogP contribution >= 0.6 is 22.6 Å². The van der Waals surface area contributed by atoms with E-state index in [1.807, 2.05) is 51.1 Å². The van der Waals surface area contributed by atoms with Crippen molar-refractivity contribution in [3.63, 3.8) is 0 Å². The molecule has 0 saturated carbocycles. The van der Waals surface area contributed by atoms with Crippen molar-refractivity contribution in [3.8, 4) is 0 Å². The molecule has 0 aromatic heterocycles. The first kappa shape index (κ1) is 14.8. The van der Waals surface area contributed by atoms with Crippen LogP contribution in [0.25, 0.3) is 0 Å². The number of halogens is 1. The Labute approximate surface area is 132 Å². The number of amides is 1. The summed E-state index contributed by atoms with van der Waals surface area (Å²) in [4.78, 5) is 12.4. The van der Waals surface area contributed by atoms with Gasteiger partial charge < -0.3 is 11.1 Å². The minimum atomic E-state index is -0.102. The average molecular weight is 380 g/mol. The molecule has 0 unspecified atom stereocenters. The van der Waals surface area contributed by atoms with Gasteiger partial charge in [-0.25, -0.2) is 0 Å². The van der Waals surface area contributed by atoms with E-state index in [1.54, 1.807) is 0 Å². The lowest BCUT2D eigenvalue weighted by Crippen LogP contribution is -2.16. The van der Waals surface area contributed by atoms with E-state index in [9.17, 15) is 4.79 Å². The fourth-order valence-corrected chi connectivity index (χ4v) is 2.66. The SMILES string of the molecule is Cc1cccc(C(=O)Nc2c(C)ccc(N)c2C)c1I. The summed E-state index contributed by atoms with van der Waals surface area (Å²) in [5, 5.41) is 2.98. The Bertz CT molecular complexity index is 680. The first-order valence-electron chi connectivity index (χ1n) is 6.34. The quantitative estimate of drug-likeness (QED) is 0.610. The molecule has 0 fully saturated rings. The summed E-state index contributed by atoms with van der Waals surface area (Å²) in [6, 6.07) is 9.50. The van der Waals surface area contributed by atoms with E-state index in [1.165, 1.54) is 0 Å². The molecule has 0 aliphatic rings. The normalized spacial score (nSPS) is 10.4. The highest BCUT2D eigenvalue weighted by Crippen LogP contribution is 2.26. The monoisotopic (exact) mass is 380 g/mol. The summed E-state index contributed by atoms with van der Waals surface area (Å²) in [5.74, 6) is -0.102. The lowest BCUT2D eigenvalue weighted by atomic mass is 10.1. The number of carbonyl (C=O) groups is 1. The number of nitrogens with one attached hydrogen (secondary N) is 1. The summed E-state index contributed by atoms with van der Waals surface area (Å²) in [6.45, 7) is 5.87. The Morgan fingerprint density at radius 1 is 1.10 bits per heavy atom. The molecule has 2 rings (SSSR count). The predicted octanol–water partition coefficient (Wildman–Crippen LogP) is 4.05. The van der Waals surface area contributed by atoms with Crippen LogP contribution in [0.3, 0.4) is 0 Å². The van der Waals surface area contributed by atoms with Crippen LogP contribution < -0.4 is 11.1 Å². The van der Waals surface area contributed by atoms with Crippen LogP contribution in [0.1, 0.15) is 27.0 Å². The van der Waals surface area contributed by atoms with E-state index in [-0.39, 0.29) is 5.91 Å². The van der Waals surface area contributed by atoms with Crippen molar-refractivity contribution in [3.05, 3.63) is 56.2 Å². The molecule has 4 heteroatoms. The van der Waals surface area contributed by atoms with Crippen molar-refractivity contribution in [2.75, 3.05) is 11.1 Å². The molecular formula is C16H17IN2O. The van der Waals surface area contributed by atoms with Crippen molar-refractivity contribution in [1.82, 2.24) is 0 Å². The average Bonchev–Trinajstić information content (AvgIpc) is 2.42. The van der Waals surface area contributed by atoms with Gasteiger partial charge in [0.15, 0.2) is 0 Å². The van der Waals surface area contributed by atoms with Gasteiger partial charge in [-0.2, -0.15) is 0 Å². The first-order chi connectivity index (χ1) is 9.41. The Morgan fingerprint density at radius 2 is 1.80 bits per heavy atom. The molecular weight excluding hydrogens is 363 g/mol. The minimum Gasteiger partial charge on any atom is -0.398 e. The number of benzene rings is 2. The van der Waals surface area contributed by atoms with Gasteiger partial charge in [0.25, 0.3) is 5.91 Å². The molecule has 0 saturated heterocycles. The molecule has 0 aliphatic heterocycles. The molecule has 0 bridgehead atoms. The Balaban J connectivity index is 2.38. The number of aryl methyl sites for hydroxylation is 2. The van der Waals surface area contributed by atoms with Crippen LogP contribution in [0.5, 0.6) is 0 Å². The second-order valence-corrected chi connectivity index (χ2v) is 5.94. The summed E-state index contributed by atoms with van der Waals surface area (Å²) < 4.78 is 0.974. The number of nitrogen functional groups attached to an aromatic ring is 1. The molecule has 0 spiro atoms. The third-order valence-corrected chi connectivity index (χ3v) is 4.82. The van der Waals surface area contributed by atoms with Gasteiger partial charge in [-0.1, -0.05) is 18.2 Å². The largest absolute Gasteiger partial charge is 0.398 e. The number of nitrogens with two attached hydrogens (primary N) is 1. The molecule has 0 atom stereocenters. The van der Waals surface area contributed by atoms with Crippen LogP contribution in [-0.2, 0) is 0 Å². The van der Waals surface area contributed by atoms with Gasteiger partial charge >= 0.3 is 0 Å². The van der Waals surface area contributed by atoms with Gasteiger partial charge in [-0.3, -0.25) is 4.79 Å². The van der Waals surface area contributed by atoms with Crippen molar-refractivity contribution in [2.24, 2.45) is 0 Å². The first-order valence-corrected chi connectivity index (χ1v) is 7.42. The van der Waals surface area contributed by atoms with Crippen molar-refractivity contribution in [1.29, 1.82) is 0 Å². The summed E-state index contributed by atoms with van der Waals surface area (Å²) in [7, 11) is 0. The van der Waals surface area contributed by atoms with Crippen LogP contribution in [0.2, 0.25) is 0 Å². The van der Waals surface area contributed by atoms with Gasteiger partial charge in [0.05, 0.1) is 5.56 Å². The third kappa shape index (κ3) is 2.80. The fraction of sp³-hybridized carbons (Fsp3) is 0.188. The van der Waals surface area contributed by atoms with Gasteiger partial charge in [0.1, 0.15) is 0 Å². The number of rotatable bonds is 2. The predicted molar refractivity (Wildman–Crippen MR) is 92.2 cm³/mol. The van der Waals surface area contributed by atoms with Crippen LogP contribution in [0, 0.1) is 24.3 Å². The molecule has 3 N–H and O–H groups in total. The van der Waals surface area contributed by atoms with E-state index in [4.69, 9.17) is 5.73 Å². The Hall–Kier alpha value is -1.56. The second-order valence-electron chi connectivity index (χ2n) is 4.86. The van der Waals surface area contributed by atoms with E-state index in [2.05, 4.69) is 27.9 Å². The minimum absolute atomic E-state index is 0.102. The zero-order chi connectivity index (χ0) is 14.9. The van der Waals surface area contributed by atoms with Crippen molar-refractivity contribution < 1.29 is 4.79 Å². The molecule has 104 valence electrons. The molecule has 1 amide bonds. The van der Waals surface area contributed by atoms with Crippen LogP contribution in [0.4, 0.5) is 11.4 Å². The van der Waals surface area contributed by atoms with Crippen LogP contribution in [-0.4, -0.2) is 5.91 Å². The highest BCUT2D eigenvalue weighted by molar-refractivity contribution is 14.1. The maximum atomic E-state index is 12.4. The summed E-state index contributed by atoms with van der Waals surface area (Å²) >= 11 is 2.20. The topological polar surface area (TPSA) is 55.1 Å². The van der Waals surface area contributed by atoms with E-state index in [0.29, 0.717) is 11.3 Å². The Kier molecular flexibility index (Phi) is 4.32. The molecule has 20 heavy (non-hydrogen) atoms. The Morgan fingerprint density at radius 3 is 2.50 bits per heavy atom. The summed E-state index contributed by atoms with van der Waals surface area (Å²) in [6.07, 6.45) is 0. The lowest BCUT2D eigenvalue weighted by Gasteiger charge is -2.14. The van der Waals surface area contributed by atoms with Crippen molar-refractivity contribution >= 4 is 39.9 Å². The highest BCUT2D eigenvalue weighted by Gasteiger charge is 2.14. The van der Waals surface area contributed by atoms with Gasteiger partial charge in [-0.05, 0) is 72.2 Å².